The molecule has 2 aromatic rings. The largest absolute Gasteiger partial charge is 0.380 e. The van der Waals surface area contributed by atoms with E-state index in [1.165, 1.54) is 57.4 Å². The Labute approximate surface area is 270 Å². The third-order valence-corrected chi connectivity index (χ3v) is 8.04. The number of amides is 3. The zero-order valence-electron chi connectivity index (χ0n) is 28.2. The number of hydroxylamine groups is 1. The van der Waals surface area contributed by atoms with Crippen LogP contribution in [0.25, 0.3) is 11.1 Å². The van der Waals surface area contributed by atoms with Gasteiger partial charge in [-0.15, -0.1) is 0 Å². The van der Waals surface area contributed by atoms with Crippen molar-refractivity contribution in [1.82, 2.24) is 15.7 Å². The number of hydrogen-bond acceptors (Lipinski definition) is 5. The molecule has 2 unspecified atom stereocenters. The summed E-state index contributed by atoms with van der Waals surface area (Å²) in [5.74, 6) is 0.416. The number of carbonyl (C=O) groups is 3. The summed E-state index contributed by atoms with van der Waals surface area (Å²) in [6.45, 7) is 12.4. The second-order valence-corrected chi connectivity index (χ2v) is 12.7. The second-order valence-electron chi connectivity index (χ2n) is 12.7. The van der Waals surface area contributed by atoms with Gasteiger partial charge in [-0.2, -0.15) is 5.48 Å². The van der Waals surface area contributed by atoms with E-state index < -0.39 is 0 Å². The molecule has 9 heteroatoms. The summed E-state index contributed by atoms with van der Waals surface area (Å²) < 4.78 is 13.5. The van der Waals surface area contributed by atoms with Crippen LogP contribution in [-0.2, 0) is 14.4 Å². The lowest BCUT2D eigenvalue weighted by Gasteiger charge is -2.28. The van der Waals surface area contributed by atoms with Crippen molar-refractivity contribution >= 4 is 18.7 Å². The van der Waals surface area contributed by atoms with Gasteiger partial charge in [-0.05, 0) is 75.3 Å². The van der Waals surface area contributed by atoms with E-state index in [1.54, 1.807) is 42.5 Å². The molecule has 0 saturated carbocycles. The molecule has 0 spiro atoms. The van der Waals surface area contributed by atoms with Crippen LogP contribution < -0.4 is 21.4 Å². The van der Waals surface area contributed by atoms with E-state index >= 15 is 0 Å². The average Bonchev–Trinajstić information content (AvgIpc) is 3.44. The first-order chi connectivity index (χ1) is 21.5. The molecule has 0 bridgehead atoms. The normalized spacial score (nSPS) is 14.6. The fourth-order valence-corrected chi connectivity index (χ4v) is 4.62. The van der Waals surface area contributed by atoms with Gasteiger partial charge < -0.3 is 20.8 Å². The summed E-state index contributed by atoms with van der Waals surface area (Å²) in [6, 6.07) is 14.0. The smallest absolute Gasteiger partial charge is 0.239 e. The third kappa shape index (κ3) is 17.6. The molecule has 0 aromatic heterocycles. The molecule has 1 heterocycles. The highest BCUT2D eigenvalue weighted by molar-refractivity contribution is 5.76. The Hall–Kier alpha value is -3.46. The van der Waals surface area contributed by atoms with Crippen molar-refractivity contribution < 1.29 is 23.6 Å². The molecule has 0 radical (unpaired) electrons. The number of hydrogen-bond donors (Lipinski definition) is 3. The Morgan fingerprint density at radius 3 is 2.09 bits per heavy atom. The maximum atomic E-state index is 13.5. The molecule has 1 fully saturated rings. The van der Waals surface area contributed by atoms with Gasteiger partial charge in [0.15, 0.2) is 5.75 Å². The van der Waals surface area contributed by atoms with Crippen LogP contribution in [0.2, 0.25) is 0 Å². The van der Waals surface area contributed by atoms with Gasteiger partial charge in [0.1, 0.15) is 5.82 Å². The Balaban J connectivity index is 0.000000364. The molecule has 3 rings (SSSR count). The number of unbranched alkanes of at least 4 members (excludes halogenated alkanes) is 7. The quantitative estimate of drug-likeness (QED) is 0.104. The maximum absolute atomic E-state index is 13.5. The Kier molecular flexibility index (Phi) is 20.2. The van der Waals surface area contributed by atoms with E-state index in [4.69, 9.17) is 10.6 Å². The summed E-state index contributed by atoms with van der Waals surface area (Å²) in [7, 11) is 0. The Morgan fingerprint density at radius 2 is 1.60 bits per heavy atom. The molecular weight excluding hydrogens is 571 g/mol. The number of nitrogens with one attached hydrogen (secondary N) is 2. The summed E-state index contributed by atoms with van der Waals surface area (Å²) in [5, 5.41) is 3.09. The molecule has 2 aromatic carbocycles. The van der Waals surface area contributed by atoms with E-state index in [2.05, 4.69) is 45.4 Å². The van der Waals surface area contributed by atoms with Gasteiger partial charge in [-0.3, -0.25) is 14.4 Å². The molecule has 0 aliphatic carbocycles. The zero-order valence-corrected chi connectivity index (χ0v) is 28.2. The standard InChI is InChI=1S/C17H36N2O.C13H10FNO2.C6H11NO/c1-15(17(2,3)4)19-16(20)13-11-9-7-5-6-8-10-12-14-18;14-13-4-2-1-3-12(13)10-5-7-11(8-6-10)17-15-9-16;1-6-3-2-4-7(6)5-8/h15H,5-14,18H2,1-4H3,(H,19,20);1-9H,(H,15,16);5-6H,2-4H2,1H3. The lowest BCUT2D eigenvalue weighted by atomic mass is 9.88. The highest BCUT2D eigenvalue weighted by Gasteiger charge is 2.21. The van der Waals surface area contributed by atoms with Crippen LogP contribution in [0, 0.1) is 11.2 Å². The first-order valence-corrected chi connectivity index (χ1v) is 16.4. The van der Waals surface area contributed by atoms with Crippen molar-refractivity contribution in [2.45, 2.75) is 117 Å². The van der Waals surface area contributed by atoms with Gasteiger partial charge in [0.25, 0.3) is 0 Å². The topological polar surface area (TPSA) is 114 Å². The molecule has 8 nitrogen and oxygen atoms in total. The summed E-state index contributed by atoms with van der Waals surface area (Å²) >= 11 is 0. The van der Waals surface area contributed by atoms with Crippen LogP contribution in [0.5, 0.6) is 5.75 Å². The van der Waals surface area contributed by atoms with Gasteiger partial charge in [0.05, 0.1) is 0 Å². The average molecular weight is 629 g/mol. The predicted molar refractivity (Wildman–Crippen MR) is 181 cm³/mol. The van der Waals surface area contributed by atoms with E-state index in [1.807, 2.05) is 4.90 Å². The SMILES string of the molecule is CC(NC(=O)CCCCCCCCCCN)C(C)(C)C.CC1CCCN1C=O.O=CNOc1ccc(-c2ccccc2F)cc1. The molecule has 1 aliphatic rings. The van der Waals surface area contributed by atoms with Crippen LogP contribution >= 0.6 is 0 Å². The van der Waals surface area contributed by atoms with Gasteiger partial charge in [0, 0.05) is 30.6 Å². The molecule has 2 atom stereocenters. The van der Waals surface area contributed by atoms with E-state index in [-0.39, 0.29) is 23.2 Å². The van der Waals surface area contributed by atoms with Gasteiger partial charge in [-0.25, -0.2) is 4.39 Å². The third-order valence-electron chi connectivity index (χ3n) is 8.04. The molecule has 1 aliphatic heterocycles. The first kappa shape index (κ1) is 39.6. The molecular formula is C36H57FN4O4. The van der Waals surface area contributed by atoms with Gasteiger partial charge in [-0.1, -0.05) is 89.6 Å². The van der Waals surface area contributed by atoms with Crippen LogP contribution in [-0.4, -0.2) is 48.8 Å². The summed E-state index contributed by atoms with van der Waals surface area (Å²) in [4.78, 5) is 38.7. The summed E-state index contributed by atoms with van der Waals surface area (Å²) in [5.41, 5.74) is 8.96. The van der Waals surface area contributed by atoms with Crippen LogP contribution in [0.3, 0.4) is 0 Å². The van der Waals surface area contributed by atoms with Crippen molar-refractivity contribution in [3.05, 3.63) is 54.3 Å². The lowest BCUT2D eigenvalue weighted by molar-refractivity contribution is -0.122. The number of benzene rings is 2. The number of nitrogens with two attached hydrogens (primary N) is 1. The number of likely N-dealkylation sites (tertiary alicyclic amines) is 1. The monoisotopic (exact) mass is 628 g/mol. The predicted octanol–water partition coefficient (Wildman–Crippen LogP) is 7.17. The maximum Gasteiger partial charge on any atom is 0.239 e. The van der Waals surface area contributed by atoms with E-state index in [0.717, 1.165) is 37.9 Å². The molecule has 252 valence electrons. The highest BCUT2D eigenvalue weighted by atomic mass is 19.1. The zero-order chi connectivity index (χ0) is 33.5. The minimum Gasteiger partial charge on any atom is -0.380 e. The Bertz CT molecular complexity index is 1090. The first-order valence-electron chi connectivity index (χ1n) is 16.4. The van der Waals surface area contributed by atoms with Crippen LogP contribution in [0.15, 0.2) is 48.5 Å². The number of rotatable bonds is 16. The fraction of sp³-hybridized carbons (Fsp3) is 0.583. The van der Waals surface area contributed by atoms with E-state index in [9.17, 15) is 18.8 Å². The lowest BCUT2D eigenvalue weighted by Crippen LogP contribution is -2.41. The van der Waals surface area contributed by atoms with Crippen molar-refractivity contribution in [2.24, 2.45) is 11.1 Å². The minimum atomic E-state index is -0.271. The van der Waals surface area contributed by atoms with Gasteiger partial charge >= 0.3 is 0 Å². The van der Waals surface area contributed by atoms with E-state index in [0.29, 0.717) is 30.2 Å². The van der Waals surface area contributed by atoms with Crippen molar-refractivity contribution in [1.29, 1.82) is 0 Å². The number of carbonyl (C=O) groups excluding carboxylic acids is 3. The van der Waals surface area contributed by atoms with Crippen LogP contribution in [0.1, 0.15) is 105 Å². The molecule has 4 N–H and O–H groups in total. The van der Waals surface area contributed by atoms with Crippen molar-refractivity contribution in [2.75, 3.05) is 13.1 Å². The molecule has 45 heavy (non-hydrogen) atoms. The Morgan fingerprint density at radius 1 is 1.00 bits per heavy atom. The second kappa shape index (κ2) is 23.0. The van der Waals surface area contributed by atoms with Gasteiger partial charge in [0.2, 0.25) is 18.7 Å². The number of nitrogens with zero attached hydrogens (tertiary/aromatic N) is 1. The van der Waals surface area contributed by atoms with Crippen molar-refractivity contribution in [3.8, 4) is 16.9 Å². The highest BCUT2D eigenvalue weighted by Crippen LogP contribution is 2.24. The number of halogens is 1. The van der Waals surface area contributed by atoms with Crippen LogP contribution in [0.4, 0.5) is 4.39 Å². The molecule has 3 amide bonds. The summed E-state index contributed by atoms with van der Waals surface area (Å²) in [6.07, 6.45) is 14.2. The van der Waals surface area contributed by atoms with Crippen molar-refractivity contribution in [3.63, 3.8) is 0 Å². The minimum absolute atomic E-state index is 0.138. The fourth-order valence-electron chi connectivity index (χ4n) is 4.62. The molecule has 1 saturated heterocycles.